The van der Waals surface area contributed by atoms with Gasteiger partial charge in [0.25, 0.3) is 0 Å². The van der Waals surface area contributed by atoms with E-state index in [1.807, 2.05) is 0 Å². The second kappa shape index (κ2) is 6.31. The van der Waals surface area contributed by atoms with Gasteiger partial charge in [-0.15, -0.1) is 0 Å². The fourth-order valence-corrected chi connectivity index (χ4v) is 2.97. The molecule has 1 saturated carbocycles. The summed E-state index contributed by atoms with van der Waals surface area (Å²) < 4.78 is 9.36. The van der Waals surface area contributed by atoms with Crippen molar-refractivity contribution in [1.82, 2.24) is 9.36 Å². The van der Waals surface area contributed by atoms with E-state index in [1.165, 1.54) is 37.2 Å². The fourth-order valence-electron chi connectivity index (χ4n) is 2.30. The number of methoxy groups -OCH3 is 1. The number of nitrogens with zero attached hydrogens (tertiary/aromatic N) is 2. The van der Waals surface area contributed by atoms with Crippen LogP contribution >= 0.6 is 11.5 Å². The van der Waals surface area contributed by atoms with E-state index in [-0.39, 0.29) is 0 Å². The monoisotopic (exact) mass is 255 g/mol. The van der Waals surface area contributed by atoms with E-state index in [1.54, 1.807) is 7.11 Å². The molecule has 1 aliphatic rings. The van der Waals surface area contributed by atoms with Gasteiger partial charge >= 0.3 is 0 Å². The molecule has 2 rings (SSSR count). The van der Waals surface area contributed by atoms with Crippen LogP contribution in [0, 0.1) is 5.92 Å². The standard InChI is InChI=1S/C12H21N3OS/c1-9-5-3-4-6-10(9)13-12-14-11(15-17-12)7-8-16-2/h9-10H,3-8H2,1-2H3,(H,13,14,15). The molecule has 96 valence electrons. The maximum absolute atomic E-state index is 5.03. The predicted molar refractivity (Wildman–Crippen MR) is 70.5 cm³/mol. The smallest absolute Gasteiger partial charge is 0.202 e. The number of anilines is 1. The van der Waals surface area contributed by atoms with Gasteiger partial charge in [-0.3, -0.25) is 0 Å². The summed E-state index contributed by atoms with van der Waals surface area (Å²) in [6, 6.07) is 0.576. The summed E-state index contributed by atoms with van der Waals surface area (Å²) in [6.07, 6.45) is 6.09. The molecule has 0 amide bonds. The highest BCUT2D eigenvalue weighted by molar-refractivity contribution is 7.09. The Morgan fingerprint density at radius 3 is 3.00 bits per heavy atom. The molecule has 0 saturated heterocycles. The first-order chi connectivity index (χ1) is 8.29. The van der Waals surface area contributed by atoms with Crippen molar-refractivity contribution in [2.24, 2.45) is 5.92 Å². The highest BCUT2D eigenvalue weighted by atomic mass is 32.1. The van der Waals surface area contributed by atoms with Crippen LogP contribution in [0.1, 0.15) is 38.4 Å². The molecule has 0 bridgehead atoms. The van der Waals surface area contributed by atoms with E-state index < -0.39 is 0 Å². The van der Waals surface area contributed by atoms with Gasteiger partial charge in [0.1, 0.15) is 5.82 Å². The van der Waals surface area contributed by atoms with Gasteiger partial charge in [0.2, 0.25) is 5.13 Å². The Hall–Kier alpha value is -0.680. The quantitative estimate of drug-likeness (QED) is 0.879. The van der Waals surface area contributed by atoms with E-state index in [2.05, 4.69) is 21.6 Å². The Labute approximate surface area is 107 Å². The number of nitrogens with one attached hydrogen (secondary N) is 1. The zero-order chi connectivity index (χ0) is 12.1. The van der Waals surface area contributed by atoms with Crippen LogP contribution in [0.5, 0.6) is 0 Å². The number of rotatable bonds is 5. The average Bonchev–Trinajstić information content (AvgIpc) is 2.77. The summed E-state index contributed by atoms with van der Waals surface area (Å²) in [6.45, 7) is 3.01. The van der Waals surface area contributed by atoms with Crippen molar-refractivity contribution >= 4 is 16.7 Å². The van der Waals surface area contributed by atoms with Crippen LogP contribution in [0.15, 0.2) is 0 Å². The molecule has 1 aromatic heterocycles. The lowest BCUT2D eigenvalue weighted by Gasteiger charge is -2.29. The van der Waals surface area contributed by atoms with Crippen molar-refractivity contribution in [2.45, 2.75) is 45.1 Å². The molecule has 2 atom stereocenters. The fraction of sp³-hybridized carbons (Fsp3) is 0.833. The van der Waals surface area contributed by atoms with Crippen molar-refractivity contribution in [1.29, 1.82) is 0 Å². The van der Waals surface area contributed by atoms with Crippen molar-refractivity contribution < 1.29 is 4.74 Å². The van der Waals surface area contributed by atoms with Gasteiger partial charge in [-0.2, -0.15) is 4.37 Å². The summed E-state index contributed by atoms with van der Waals surface area (Å²) >= 11 is 1.47. The topological polar surface area (TPSA) is 47.0 Å². The van der Waals surface area contributed by atoms with Crippen molar-refractivity contribution in [2.75, 3.05) is 19.0 Å². The van der Waals surface area contributed by atoms with Crippen LogP contribution in [-0.4, -0.2) is 29.1 Å². The molecular formula is C12H21N3OS. The molecule has 1 heterocycles. The maximum Gasteiger partial charge on any atom is 0.202 e. The summed E-state index contributed by atoms with van der Waals surface area (Å²) in [5, 5.41) is 4.50. The van der Waals surface area contributed by atoms with Gasteiger partial charge in [0, 0.05) is 31.1 Å². The molecule has 1 aliphatic carbocycles. The molecular weight excluding hydrogens is 234 g/mol. The minimum atomic E-state index is 0.576. The van der Waals surface area contributed by atoms with E-state index in [4.69, 9.17) is 4.74 Å². The molecule has 0 aromatic carbocycles. The Bertz CT molecular complexity index is 342. The van der Waals surface area contributed by atoms with Crippen LogP contribution in [0.3, 0.4) is 0 Å². The van der Waals surface area contributed by atoms with E-state index in [0.29, 0.717) is 12.6 Å². The van der Waals surface area contributed by atoms with Crippen molar-refractivity contribution in [3.8, 4) is 0 Å². The Morgan fingerprint density at radius 1 is 1.41 bits per heavy atom. The van der Waals surface area contributed by atoms with Crippen LogP contribution in [0.4, 0.5) is 5.13 Å². The zero-order valence-corrected chi connectivity index (χ0v) is 11.4. The Balaban J connectivity index is 1.87. The van der Waals surface area contributed by atoms with Crippen LogP contribution in [0.25, 0.3) is 0 Å². The molecule has 4 nitrogen and oxygen atoms in total. The molecule has 0 radical (unpaired) electrons. The van der Waals surface area contributed by atoms with Crippen molar-refractivity contribution in [3.63, 3.8) is 0 Å². The normalized spacial score (nSPS) is 24.8. The summed E-state index contributed by atoms with van der Waals surface area (Å²) in [7, 11) is 1.70. The van der Waals surface area contributed by atoms with E-state index in [0.717, 1.165) is 23.3 Å². The second-order valence-corrected chi connectivity index (χ2v) is 5.52. The number of ether oxygens (including phenoxy) is 1. The van der Waals surface area contributed by atoms with E-state index in [9.17, 15) is 0 Å². The molecule has 1 aromatic rings. The largest absolute Gasteiger partial charge is 0.384 e. The molecule has 0 aliphatic heterocycles. The van der Waals surface area contributed by atoms with Crippen molar-refractivity contribution in [3.05, 3.63) is 5.82 Å². The van der Waals surface area contributed by atoms with Gasteiger partial charge in [0.05, 0.1) is 6.61 Å². The second-order valence-electron chi connectivity index (χ2n) is 4.77. The molecule has 2 unspecified atom stereocenters. The third-order valence-corrected chi connectivity index (χ3v) is 4.10. The SMILES string of the molecule is COCCc1nsc(NC2CCCCC2C)n1. The molecule has 1 N–H and O–H groups in total. The summed E-state index contributed by atoms with van der Waals surface area (Å²) in [5.41, 5.74) is 0. The van der Waals surface area contributed by atoms with Gasteiger partial charge in [-0.1, -0.05) is 19.8 Å². The van der Waals surface area contributed by atoms with Gasteiger partial charge < -0.3 is 10.1 Å². The summed E-state index contributed by atoms with van der Waals surface area (Å²) in [5.74, 6) is 1.64. The molecule has 1 fully saturated rings. The minimum absolute atomic E-state index is 0.576. The lowest BCUT2D eigenvalue weighted by Crippen LogP contribution is -2.30. The number of hydrogen-bond donors (Lipinski definition) is 1. The first-order valence-corrected chi connectivity index (χ1v) is 7.15. The highest BCUT2D eigenvalue weighted by Crippen LogP contribution is 2.27. The van der Waals surface area contributed by atoms with Crippen LogP contribution in [0.2, 0.25) is 0 Å². The zero-order valence-electron chi connectivity index (χ0n) is 10.6. The van der Waals surface area contributed by atoms with Gasteiger partial charge in [-0.25, -0.2) is 4.98 Å². The third kappa shape index (κ3) is 3.64. The van der Waals surface area contributed by atoms with Crippen LogP contribution in [-0.2, 0) is 11.2 Å². The molecule has 0 spiro atoms. The maximum atomic E-state index is 5.03. The third-order valence-electron chi connectivity index (χ3n) is 3.42. The van der Waals surface area contributed by atoms with Gasteiger partial charge in [0.15, 0.2) is 0 Å². The lowest BCUT2D eigenvalue weighted by molar-refractivity contribution is 0.201. The lowest BCUT2D eigenvalue weighted by atomic mass is 9.86. The Morgan fingerprint density at radius 2 is 2.24 bits per heavy atom. The number of aromatic nitrogens is 2. The van der Waals surface area contributed by atoms with Gasteiger partial charge in [-0.05, 0) is 18.8 Å². The average molecular weight is 255 g/mol. The van der Waals surface area contributed by atoms with Crippen LogP contribution < -0.4 is 5.32 Å². The predicted octanol–water partition coefficient (Wildman–Crippen LogP) is 2.72. The minimum Gasteiger partial charge on any atom is -0.384 e. The first kappa shape index (κ1) is 12.8. The number of hydrogen-bond acceptors (Lipinski definition) is 5. The molecule has 17 heavy (non-hydrogen) atoms. The highest BCUT2D eigenvalue weighted by Gasteiger charge is 2.21. The summed E-state index contributed by atoms with van der Waals surface area (Å²) in [4.78, 5) is 4.49. The molecule has 5 heteroatoms. The Kier molecular flexibility index (Phi) is 4.74. The first-order valence-electron chi connectivity index (χ1n) is 6.37. The van der Waals surface area contributed by atoms with E-state index >= 15 is 0 Å².